The van der Waals surface area contributed by atoms with Gasteiger partial charge < -0.3 is 10.7 Å². The molecule has 16 heavy (non-hydrogen) atoms. The van der Waals surface area contributed by atoms with E-state index in [1.807, 2.05) is 6.07 Å². The molecule has 6 heteroatoms. The third kappa shape index (κ3) is 2.25. The highest BCUT2D eigenvalue weighted by atomic mass is 79.9. The van der Waals surface area contributed by atoms with Crippen LogP contribution in [0.3, 0.4) is 0 Å². The number of hydrogen-bond donors (Lipinski definition) is 2. The molecule has 0 aliphatic rings. The number of benzene rings is 1. The van der Waals surface area contributed by atoms with E-state index in [4.69, 9.17) is 28.9 Å². The van der Waals surface area contributed by atoms with E-state index in [0.29, 0.717) is 22.4 Å². The predicted molar refractivity (Wildman–Crippen MR) is 69.6 cm³/mol. The summed E-state index contributed by atoms with van der Waals surface area (Å²) in [5, 5.41) is 1.16. The molecule has 2 rings (SSSR count). The number of halogens is 3. The Morgan fingerprint density at radius 2 is 2.12 bits per heavy atom. The van der Waals surface area contributed by atoms with Gasteiger partial charge in [0, 0.05) is 10.6 Å². The molecule has 3 nitrogen and oxygen atoms in total. The van der Waals surface area contributed by atoms with E-state index in [9.17, 15) is 0 Å². The normalized spacial score (nSPS) is 10.8. The minimum Gasteiger partial charge on any atom is -0.335 e. The topological polar surface area (TPSA) is 54.7 Å². The number of imidazole rings is 1. The molecule has 1 aromatic carbocycles. The maximum absolute atomic E-state index is 6.10. The molecule has 0 aliphatic carbocycles. The molecule has 0 atom stereocenters. The molecule has 3 N–H and O–H groups in total. The Bertz CT molecular complexity index is 525. The average molecular weight is 321 g/mol. The zero-order valence-electron chi connectivity index (χ0n) is 8.10. The lowest BCUT2D eigenvalue weighted by molar-refractivity contribution is 0.947. The zero-order valence-corrected chi connectivity index (χ0v) is 11.2. The minimum atomic E-state index is 0.351. The van der Waals surface area contributed by atoms with Gasteiger partial charge in [-0.1, -0.05) is 23.2 Å². The van der Waals surface area contributed by atoms with Crippen LogP contribution in [0.4, 0.5) is 0 Å². The summed E-state index contributed by atoms with van der Waals surface area (Å²) in [6, 6.07) is 5.28. The average Bonchev–Trinajstić information content (AvgIpc) is 2.60. The van der Waals surface area contributed by atoms with Crippen molar-refractivity contribution in [2.24, 2.45) is 5.73 Å². The highest BCUT2D eigenvalue weighted by Gasteiger charge is 2.12. The fourth-order valence-corrected chi connectivity index (χ4v) is 2.38. The van der Waals surface area contributed by atoms with E-state index < -0.39 is 0 Å². The molecule has 84 valence electrons. The summed E-state index contributed by atoms with van der Waals surface area (Å²) in [4.78, 5) is 7.36. The number of hydrogen-bond acceptors (Lipinski definition) is 2. The lowest BCUT2D eigenvalue weighted by atomic mass is 10.2. The Morgan fingerprint density at radius 3 is 2.69 bits per heavy atom. The maximum atomic E-state index is 6.10. The van der Waals surface area contributed by atoms with Gasteiger partial charge in [0.25, 0.3) is 0 Å². The van der Waals surface area contributed by atoms with Gasteiger partial charge in [-0.15, -0.1) is 0 Å². The second-order valence-corrected chi connectivity index (χ2v) is 4.81. The molecule has 2 aromatic rings. The second kappa shape index (κ2) is 4.75. The fraction of sp³-hybridized carbons (Fsp3) is 0.100. The first-order chi connectivity index (χ1) is 7.61. The highest BCUT2D eigenvalue weighted by Crippen LogP contribution is 2.33. The maximum Gasteiger partial charge on any atom is 0.121 e. The molecule has 0 saturated heterocycles. The molecule has 1 aromatic heterocycles. The van der Waals surface area contributed by atoms with E-state index in [1.165, 1.54) is 0 Å². The van der Waals surface area contributed by atoms with E-state index in [0.717, 1.165) is 15.9 Å². The van der Waals surface area contributed by atoms with Gasteiger partial charge in [-0.2, -0.15) is 0 Å². The lowest BCUT2D eigenvalue weighted by Gasteiger charge is -2.01. The van der Waals surface area contributed by atoms with Gasteiger partial charge in [0.2, 0.25) is 0 Å². The van der Waals surface area contributed by atoms with Crippen LogP contribution in [0.1, 0.15) is 5.82 Å². The van der Waals surface area contributed by atoms with Crippen LogP contribution in [0.2, 0.25) is 10.0 Å². The van der Waals surface area contributed by atoms with Crippen molar-refractivity contribution in [3.8, 4) is 11.3 Å². The molecule has 0 amide bonds. The molecule has 0 bridgehead atoms. The van der Waals surface area contributed by atoms with E-state index in [2.05, 4.69) is 25.9 Å². The molecule has 0 fully saturated rings. The van der Waals surface area contributed by atoms with Crippen molar-refractivity contribution in [2.45, 2.75) is 6.54 Å². The van der Waals surface area contributed by atoms with Crippen molar-refractivity contribution in [3.05, 3.63) is 38.7 Å². The number of nitrogens with two attached hydrogens (primary N) is 1. The molecule has 0 aliphatic heterocycles. The second-order valence-electron chi connectivity index (χ2n) is 3.17. The summed E-state index contributed by atoms with van der Waals surface area (Å²) in [7, 11) is 0. The van der Waals surface area contributed by atoms with Crippen LogP contribution < -0.4 is 5.73 Å². The molecular formula is C10H8BrCl2N3. The minimum absolute atomic E-state index is 0.351. The molecule has 1 heterocycles. The lowest BCUT2D eigenvalue weighted by Crippen LogP contribution is -1.97. The van der Waals surface area contributed by atoms with Crippen LogP contribution in [0.15, 0.2) is 22.8 Å². The van der Waals surface area contributed by atoms with Crippen LogP contribution >= 0.6 is 39.1 Å². The standard InChI is InChI=1S/C10H8BrCl2N3/c11-10-9(15-8(4-14)16-10)6-2-1-5(12)3-7(6)13/h1-3H,4,14H2,(H,15,16). The van der Waals surface area contributed by atoms with E-state index in [-0.39, 0.29) is 0 Å². The Balaban J connectivity index is 2.53. The first kappa shape index (κ1) is 11.9. The summed E-state index contributed by atoms with van der Waals surface area (Å²) >= 11 is 15.3. The van der Waals surface area contributed by atoms with Crippen LogP contribution in [0.5, 0.6) is 0 Å². The van der Waals surface area contributed by atoms with Gasteiger partial charge in [0.05, 0.1) is 11.6 Å². The van der Waals surface area contributed by atoms with Crippen LogP contribution in [-0.4, -0.2) is 9.97 Å². The van der Waals surface area contributed by atoms with Gasteiger partial charge >= 0.3 is 0 Å². The number of rotatable bonds is 2. The van der Waals surface area contributed by atoms with E-state index >= 15 is 0 Å². The van der Waals surface area contributed by atoms with Crippen LogP contribution in [0.25, 0.3) is 11.3 Å². The van der Waals surface area contributed by atoms with Crippen molar-refractivity contribution >= 4 is 39.1 Å². The van der Waals surface area contributed by atoms with Gasteiger partial charge in [-0.3, -0.25) is 0 Å². The van der Waals surface area contributed by atoms with Gasteiger partial charge in [0.15, 0.2) is 0 Å². The van der Waals surface area contributed by atoms with Crippen molar-refractivity contribution in [3.63, 3.8) is 0 Å². The first-order valence-corrected chi connectivity index (χ1v) is 6.06. The summed E-state index contributed by atoms with van der Waals surface area (Å²) < 4.78 is 0.761. The molecular weight excluding hydrogens is 313 g/mol. The number of aromatic nitrogens is 2. The third-order valence-corrected chi connectivity index (χ3v) is 3.21. The SMILES string of the molecule is NCc1nc(-c2ccc(Cl)cc2Cl)c(Br)[nH]1. The molecule has 0 saturated carbocycles. The number of nitrogens with zero attached hydrogens (tertiary/aromatic N) is 1. The number of nitrogens with one attached hydrogen (secondary N) is 1. The Labute approximate surface area is 111 Å². The van der Waals surface area contributed by atoms with Gasteiger partial charge in [0.1, 0.15) is 16.1 Å². The predicted octanol–water partition coefficient (Wildman–Crippen LogP) is 3.60. The summed E-state index contributed by atoms with van der Waals surface area (Å²) in [5.41, 5.74) is 7.06. The van der Waals surface area contributed by atoms with Crippen LogP contribution in [-0.2, 0) is 6.54 Å². The van der Waals surface area contributed by atoms with Crippen molar-refractivity contribution < 1.29 is 0 Å². The third-order valence-electron chi connectivity index (χ3n) is 2.09. The summed E-state index contributed by atoms with van der Waals surface area (Å²) in [6.45, 7) is 0.351. The van der Waals surface area contributed by atoms with Crippen molar-refractivity contribution in [2.75, 3.05) is 0 Å². The van der Waals surface area contributed by atoms with Gasteiger partial charge in [-0.05, 0) is 34.1 Å². The summed E-state index contributed by atoms with van der Waals surface area (Å²) in [6.07, 6.45) is 0. The Morgan fingerprint density at radius 1 is 1.38 bits per heavy atom. The zero-order chi connectivity index (χ0) is 11.7. The fourth-order valence-electron chi connectivity index (χ4n) is 1.35. The first-order valence-electron chi connectivity index (χ1n) is 4.51. The summed E-state index contributed by atoms with van der Waals surface area (Å²) in [5.74, 6) is 0.702. The van der Waals surface area contributed by atoms with E-state index in [1.54, 1.807) is 12.1 Å². The Hall–Kier alpha value is -0.550. The Kier molecular flexibility index (Phi) is 3.54. The molecule has 0 radical (unpaired) electrons. The van der Waals surface area contributed by atoms with Gasteiger partial charge in [-0.25, -0.2) is 4.98 Å². The van der Waals surface area contributed by atoms with Crippen LogP contribution in [0, 0.1) is 0 Å². The quantitative estimate of drug-likeness (QED) is 0.888. The smallest absolute Gasteiger partial charge is 0.121 e. The monoisotopic (exact) mass is 319 g/mol. The number of H-pyrrole nitrogens is 1. The largest absolute Gasteiger partial charge is 0.335 e. The van der Waals surface area contributed by atoms with Crippen molar-refractivity contribution in [1.82, 2.24) is 9.97 Å². The molecule has 0 unspecified atom stereocenters. The molecule has 0 spiro atoms. The highest BCUT2D eigenvalue weighted by molar-refractivity contribution is 9.10. The number of aromatic amines is 1. The van der Waals surface area contributed by atoms with Crippen molar-refractivity contribution in [1.29, 1.82) is 0 Å².